The largest absolute Gasteiger partial charge is 0.486 e. The van der Waals surface area contributed by atoms with Crippen molar-refractivity contribution in [2.24, 2.45) is 0 Å². The summed E-state index contributed by atoms with van der Waals surface area (Å²) < 4.78 is 13.4. The molecule has 0 fully saturated rings. The number of aromatic amines is 1. The summed E-state index contributed by atoms with van der Waals surface area (Å²) in [4.78, 5) is 27.3. The molecule has 0 radical (unpaired) electrons. The number of ether oxygens (including phenoxy) is 2. The molecule has 7 rings (SSSR count). The van der Waals surface area contributed by atoms with Gasteiger partial charge in [-0.3, -0.25) is 19.4 Å². The topological polar surface area (TPSA) is 120 Å². The normalized spacial score (nSPS) is 14.9. The third kappa shape index (κ3) is 3.22. The summed E-state index contributed by atoms with van der Waals surface area (Å²) in [7, 11) is 0. The summed E-state index contributed by atoms with van der Waals surface area (Å²) in [6, 6.07) is 17.0. The van der Waals surface area contributed by atoms with Crippen LogP contribution >= 0.6 is 0 Å². The Kier molecular flexibility index (Phi) is 4.56. The zero-order valence-corrected chi connectivity index (χ0v) is 18.9. The van der Waals surface area contributed by atoms with E-state index in [4.69, 9.17) is 14.5 Å². The van der Waals surface area contributed by atoms with Crippen LogP contribution in [0.5, 0.6) is 11.5 Å². The number of rotatable bonds is 4. The van der Waals surface area contributed by atoms with Gasteiger partial charge in [-0.15, -0.1) is 0 Å². The molecule has 176 valence electrons. The fourth-order valence-electron chi connectivity index (χ4n) is 4.55. The Hall–Kier alpha value is -4.99. The first-order valence-electron chi connectivity index (χ1n) is 11.5. The average molecular weight is 477 g/mol. The van der Waals surface area contributed by atoms with Crippen molar-refractivity contribution in [3.05, 3.63) is 83.5 Å². The van der Waals surface area contributed by atoms with Crippen LogP contribution in [0, 0.1) is 0 Å². The van der Waals surface area contributed by atoms with Crippen molar-refractivity contribution in [3.63, 3.8) is 0 Å². The molecule has 2 aromatic carbocycles. The second kappa shape index (κ2) is 8.05. The fourth-order valence-corrected chi connectivity index (χ4v) is 4.55. The minimum atomic E-state index is -0.229. The van der Waals surface area contributed by atoms with Crippen LogP contribution < -0.4 is 20.3 Å². The highest BCUT2D eigenvalue weighted by molar-refractivity contribution is 6.03. The van der Waals surface area contributed by atoms with E-state index in [0.717, 1.165) is 16.7 Å². The number of aromatic nitrogens is 6. The summed E-state index contributed by atoms with van der Waals surface area (Å²) in [5, 5.41) is 12.2. The van der Waals surface area contributed by atoms with Crippen LogP contribution in [0.15, 0.2) is 78.0 Å². The molecule has 0 amide bonds. The van der Waals surface area contributed by atoms with Gasteiger partial charge < -0.3 is 14.8 Å². The average Bonchev–Trinajstić information content (AvgIpc) is 3.43. The second-order valence-corrected chi connectivity index (χ2v) is 8.46. The monoisotopic (exact) mass is 477 g/mol. The Bertz CT molecular complexity index is 1820. The molecule has 0 saturated carbocycles. The number of benzene rings is 2. The lowest BCUT2D eigenvalue weighted by Crippen LogP contribution is -2.35. The zero-order valence-electron chi connectivity index (χ0n) is 18.9. The molecule has 0 aliphatic carbocycles. The minimum Gasteiger partial charge on any atom is -0.486 e. The van der Waals surface area contributed by atoms with E-state index < -0.39 is 0 Å². The van der Waals surface area contributed by atoms with Crippen LogP contribution in [-0.4, -0.2) is 49.0 Å². The van der Waals surface area contributed by atoms with E-state index in [0.29, 0.717) is 52.5 Å². The van der Waals surface area contributed by atoms with Crippen LogP contribution in [0.25, 0.3) is 38.5 Å². The number of H-pyrrole nitrogens is 1. The first kappa shape index (κ1) is 20.4. The lowest BCUT2D eigenvalue weighted by Gasteiger charge is -2.26. The Morgan fingerprint density at radius 1 is 0.972 bits per heavy atom. The molecular weight excluding hydrogens is 458 g/mol. The number of para-hydroxylation sites is 2. The number of hydrogen-bond acceptors (Lipinski definition) is 8. The van der Waals surface area contributed by atoms with Crippen molar-refractivity contribution in [3.8, 4) is 17.2 Å². The molecule has 10 nitrogen and oxygen atoms in total. The van der Waals surface area contributed by atoms with Crippen molar-refractivity contribution in [2.45, 2.75) is 6.10 Å². The third-order valence-corrected chi connectivity index (χ3v) is 6.24. The van der Waals surface area contributed by atoms with E-state index in [1.807, 2.05) is 54.6 Å². The van der Waals surface area contributed by atoms with Gasteiger partial charge in [-0.1, -0.05) is 18.2 Å². The van der Waals surface area contributed by atoms with Gasteiger partial charge in [-0.05, 0) is 36.4 Å². The van der Waals surface area contributed by atoms with E-state index in [-0.39, 0.29) is 11.7 Å². The van der Waals surface area contributed by atoms with Crippen molar-refractivity contribution in [2.75, 3.05) is 18.5 Å². The maximum Gasteiger partial charge on any atom is 0.267 e. The van der Waals surface area contributed by atoms with Crippen molar-refractivity contribution >= 4 is 38.8 Å². The molecule has 4 aromatic heterocycles. The molecule has 6 aromatic rings. The quantitative estimate of drug-likeness (QED) is 0.396. The minimum absolute atomic E-state index is 0.222. The van der Waals surface area contributed by atoms with E-state index >= 15 is 0 Å². The van der Waals surface area contributed by atoms with Gasteiger partial charge in [0.15, 0.2) is 17.1 Å². The number of nitrogens with one attached hydrogen (secondary N) is 2. The summed E-state index contributed by atoms with van der Waals surface area (Å²) in [5.74, 6) is 1.80. The van der Waals surface area contributed by atoms with Gasteiger partial charge in [0.05, 0.1) is 40.2 Å². The number of fused-ring (bicyclic) bond motifs is 5. The Morgan fingerprint density at radius 3 is 2.83 bits per heavy atom. The van der Waals surface area contributed by atoms with Crippen molar-refractivity contribution in [1.82, 2.24) is 29.7 Å². The SMILES string of the molecule is O=c1c2cn[nH]c2c2cnc(NC[C@H]3COc4ccccc4O3)nc2n1-c1cccc2ncccc12. The molecule has 0 saturated heterocycles. The van der Waals surface area contributed by atoms with E-state index in [9.17, 15) is 4.79 Å². The Labute approximate surface area is 203 Å². The molecule has 0 unspecified atom stereocenters. The third-order valence-electron chi connectivity index (χ3n) is 6.24. The van der Waals surface area contributed by atoms with Crippen LogP contribution in [0.4, 0.5) is 5.95 Å². The lowest BCUT2D eigenvalue weighted by atomic mass is 10.1. The molecule has 1 aliphatic rings. The summed E-state index contributed by atoms with van der Waals surface area (Å²) in [6.45, 7) is 0.828. The smallest absolute Gasteiger partial charge is 0.267 e. The van der Waals surface area contributed by atoms with Gasteiger partial charge in [0, 0.05) is 17.8 Å². The van der Waals surface area contributed by atoms with Crippen molar-refractivity contribution < 1.29 is 9.47 Å². The predicted octanol–water partition coefficient (Wildman–Crippen LogP) is 3.46. The van der Waals surface area contributed by atoms with Crippen LogP contribution in [0.2, 0.25) is 0 Å². The second-order valence-electron chi connectivity index (χ2n) is 8.46. The van der Waals surface area contributed by atoms with Gasteiger partial charge in [-0.25, -0.2) is 4.98 Å². The molecule has 2 N–H and O–H groups in total. The molecule has 5 heterocycles. The molecule has 1 aliphatic heterocycles. The molecule has 0 spiro atoms. The van der Waals surface area contributed by atoms with E-state index in [1.54, 1.807) is 17.0 Å². The maximum atomic E-state index is 13.6. The zero-order chi connectivity index (χ0) is 24.1. The maximum absolute atomic E-state index is 13.6. The van der Waals surface area contributed by atoms with Gasteiger partial charge in [-0.2, -0.15) is 10.1 Å². The molecule has 10 heteroatoms. The number of anilines is 1. The Balaban J connectivity index is 1.32. The number of pyridine rings is 2. The molecule has 36 heavy (non-hydrogen) atoms. The molecular formula is C26H19N7O3. The summed E-state index contributed by atoms with van der Waals surface area (Å²) in [6.07, 6.45) is 4.73. The van der Waals surface area contributed by atoms with Gasteiger partial charge >= 0.3 is 0 Å². The Morgan fingerprint density at radius 2 is 1.89 bits per heavy atom. The van der Waals surface area contributed by atoms with Gasteiger partial charge in [0.2, 0.25) is 5.95 Å². The van der Waals surface area contributed by atoms with E-state index in [1.165, 1.54) is 6.20 Å². The summed E-state index contributed by atoms with van der Waals surface area (Å²) in [5.41, 5.74) is 2.29. The highest BCUT2D eigenvalue weighted by Crippen LogP contribution is 2.31. The molecule has 1 atom stereocenters. The highest BCUT2D eigenvalue weighted by Gasteiger charge is 2.22. The van der Waals surface area contributed by atoms with E-state index in [2.05, 4.69) is 25.5 Å². The highest BCUT2D eigenvalue weighted by atomic mass is 16.6. The lowest BCUT2D eigenvalue weighted by molar-refractivity contribution is 0.0996. The van der Waals surface area contributed by atoms with Gasteiger partial charge in [0.1, 0.15) is 12.7 Å². The standard InChI is InChI=1S/C26H19N7O3/c34-25-18-13-30-32-23(18)17-12-29-26(28-11-15-14-35-21-8-1-2-9-22(21)36-15)31-24(17)33(25)20-7-3-6-19-16(20)5-4-10-27-19/h1-10,12-13,15H,11,14H2,(H,30,32)(H,28,29,31)/t15-/m0/s1. The van der Waals surface area contributed by atoms with Crippen LogP contribution in [0.1, 0.15) is 0 Å². The number of nitrogens with zero attached hydrogens (tertiary/aromatic N) is 5. The number of hydrogen-bond donors (Lipinski definition) is 2. The summed E-state index contributed by atoms with van der Waals surface area (Å²) >= 11 is 0. The van der Waals surface area contributed by atoms with Crippen LogP contribution in [-0.2, 0) is 0 Å². The fraction of sp³-hybridized carbons (Fsp3) is 0.115. The van der Waals surface area contributed by atoms with Crippen LogP contribution in [0.3, 0.4) is 0 Å². The van der Waals surface area contributed by atoms with Crippen molar-refractivity contribution in [1.29, 1.82) is 0 Å². The van der Waals surface area contributed by atoms with Gasteiger partial charge in [0.25, 0.3) is 5.56 Å². The predicted molar refractivity (Wildman–Crippen MR) is 135 cm³/mol. The molecule has 0 bridgehead atoms. The first-order chi connectivity index (χ1) is 17.8. The first-order valence-corrected chi connectivity index (χ1v) is 11.5.